The Bertz CT molecular complexity index is 694. The van der Waals surface area contributed by atoms with E-state index in [2.05, 4.69) is 5.10 Å². The molecule has 0 unspecified atom stereocenters. The summed E-state index contributed by atoms with van der Waals surface area (Å²) in [4.78, 5) is 11.4. The van der Waals surface area contributed by atoms with Crippen LogP contribution in [-0.4, -0.2) is 24.6 Å². The molecule has 0 radical (unpaired) electrons. The number of nitrogens with zero attached hydrogens (tertiary/aromatic N) is 2. The van der Waals surface area contributed by atoms with Gasteiger partial charge in [-0.15, -0.1) is 0 Å². The monoisotopic (exact) mass is 283 g/mol. The highest BCUT2D eigenvalue weighted by Gasteiger charge is 2.26. The number of carbonyl (C=O) groups excluding carboxylic acids is 1. The van der Waals surface area contributed by atoms with Gasteiger partial charge in [-0.3, -0.25) is 9.35 Å². The summed E-state index contributed by atoms with van der Waals surface area (Å²) in [6, 6.07) is 2.33. The quantitative estimate of drug-likeness (QED) is 0.619. The summed E-state index contributed by atoms with van der Waals surface area (Å²) in [5, 5.41) is 5.14. The number of rotatable bonds is 2. The molecule has 1 aromatic carbocycles. The Labute approximate surface area is 110 Å². The van der Waals surface area contributed by atoms with Crippen molar-refractivity contribution in [1.29, 1.82) is 0 Å². The Balaban J connectivity index is 2.64. The summed E-state index contributed by atoms with van der Waals surface area (Å²) in [6.07, 6.45) is 0.176. The molecule has 3 N–H and O–H groups in total. The Morgan fingerprint density at radius 2 is 2.00 bits per heavy atom. The fourth-order valence-corrected chi connectivity index (χ4v) is 2.34. The molecule has 0 aliphatic carbocycles. The molecule has 1 heterocycles. The molecule has 7 nitrogen and oxygen atoms in total. The third-order valence-electron chi connectivity index (χ3n) is 2.83. The molecular weight excluding hydrogens is 270 g/mol. The first kappa shape index (κ1) is 13.5. The van der Waals surface area contributed by atoms with Crippen molar-refractivity contribution in [3.8, 4) is 0 Å². The van der Waals surface area contributed by atoms with Crippen LogP contribution in [0.1, 0.15) is 18.9 Å². The average molecular weight is 283 g/mol. The molecule has 19 heavy (non-hydrogen) atoms. The van der Waals surface area contributed by atoms with Crippen LogP contribution in [0.25, 0.3) is 0 Å². The SMILES string of the molecule is CC1=NN(c2cc(S(=O)(=O)O)cc(N)c2C)C(=O)C1. The van der Waals surface area contributed by atoms with Gasteiger partial charge in [0.1, 0.15) is 0 Å². The lowest BCUT2D eigenvalue weighted by atomic mass is 10.1. The van der Waals surface area contributed by atoms with Gasteiger partial charge in [0.05, 0.1) is 17.0 Å². The minimum Gasteiger partial charge on any atom is -0.398 e. The molecule has 0 spiro atoms. The molecule has 1 aromatic rings. The van der Waals surface area contributed by atoms with Crippen molar-refractivity contribution >= 4 is 33.1 Å². The lowest BCUT2D eigenvalue weighted by Gasteiger charge is -2.17. The van der Waals surface area contributed by atoms with Gasteiger partial charge in [0.15, 0.2) is 0 Å². The summed E-state index contributed by atoms with van der Waals surface area (Å²) in [5.74, 6) is -0.271. The fraction of sp³-hybridized carbons (Fsp3) is 0.273. The van der Waals surface area contributed by atoms with E-state index in [1.165, 1.54) is 6.07 Å². The van der Waals surface area contributed by atoms with Gasteiger partial charge in [-0.05, 0) is 31.5 Å². The number of hydrogen-bond acceptors (Lipinski definition) is 5. The van der Waals surface area contributed by atoms with E-state index in [9.17, 15) is 13.2 Å². The van der Waals surface area contributed by atoms with Crippen molar-refractivity contribution in [2.75, 3.05) is 10.7 Å². The van der Waals surface area contributed by atoms with Gasteiger partial charge in [0.25, 0.3) is 16.0 Å². The Morgan fingerprint density at radius 1 is 1.37 bits per heavy atom. The molecule has 2 rings (SSSR count). The second kappa shape index (κ2) is 4.32. The number of nitrogen functional groups attached to an aromatic ring is 1. The number of nitrogens with two attached hydrogens (primary N) is 1. The number of benzene rings is 1. The van der Waals surface area contributed by atoms with Gasteiger partial charge in [-0.2, -0.15) is 13.5 Å². The maximum Gasteiger partial charge on any atom is 0.294 e. The van der Waals surface area contributed by atoms with Crippen LogP contribution in [0.2, 0.25) is 0 Å². The van der Waals surface area contributed by atoms with Gasteiger partial charge >= 0.3 is 0 Å². The molecule has 0 saturated heterocycles. The van der Waals surface area contributed by atoms with E-state index in [1.54, 1.807) is 13.8 Å². The second-order valence-corrected chi connectivity index (χ2v) is 5.77. The zero-order valence-corrected chi connectivity index (χ0v) is 11.2. The van der Waals surface area contributed by atoms with Crippen LogP contribution in [0, 0.1) is 6.92 Å². The maximum atomic E-state index is 11.8. The van der Waals surface area contributed by atoms with E-state index >= 15 is 0 Å². The van der Waals surface area contributed by atoms with Crippen LogP contribution in [-0.2, 0) is 14.9 Å². The topological polar surface area (TPSA) is 113 Å². The van der Waals surface area contributed by atoms with Gasteiger partial charge in [-0.1, -0.05) is 0 Å². The summed E-state index contributed by atoms with van der Waals surface area (Å²) in [7, 11) is -4.39. The van der Waals surface area contributed by atoms with Crippen molar-refractivity contribution < 1.29 is 17.8 Å². The second-order valence-electron chi connectivity index (χ2n) is 4.35. The van der Waals surface area contributed by atoms with Crippen molar-refractivity contribution in [2.24, 2.45) is 5.10 Å². The van der Waals surface area contributed by atoms with Crippen LogP contribution in [0.3, 0.4) is 0 Å². The highest BCUT2D eigenvalue weighted by molar-refractivity contribution is 7.85. The van der Waals surface area contributed by atoms with Gasteiger partial charge in [0, 0.05) is 11.4 Å². The molecule has 1 aliphatic rings. The number of hydrazone groups is 1. The largest absolute Gasteiger partial charge is 0.398 e. The predicted molar refractivity (Wildman–Crippen MR) is 70.6 cm³/mol. The first-order chi connectivity index (χ1) is 8.70. The summed E-state index contributed by atoms with van der Waals surface area (Å²) in [6.45, 7) is 3.35. The van der Waals surface area contributed by atoms with Crippen LogP contribution in [0.15, 0.2) is 22.1 Å². The van der Waals surface area contributed by atoms with Gasteiger partial charge in [-0.25, -0.2) is 5.01 Å². The molecule has 102 valence electrons. The average Bonchev–Trinajstić information content (AvgIpc) is 2.60. The highest BCUT2D eigenvalue weighted by Crippen LogP contribution is 2.31. The van der Waals surface area contributed by atoms with Crippen LogP contribution < -0.4 is 10.7 Å². The van der Waals surface area contributed by atoms with Crippen molar-refractivity contribution in [1.82, 2.24) is 0 Å². The number of amides is 1. The smallest absolute Gasteiger partial charge is 0.294 e. The first-order valence-corrected chi connectivity index (χ1v) is 6.89. The van der Waals surface area contributed by atoms with Gasteiger partial charge < -0.3 is 5.73 Å². The summed E-state index contributed by atoms with van der Waals surface area (Å²) < 4.78 is 31.4. The Kier molecular flexibility index (Phi) is 3.07. The zero-order chi connectivity index (χ0) is 14.4. The third kappa shape index (κ3) is 2.45. The van der Waals surface area contributed by atoms with E-state index in [-0.39, 0.29) is 28.6 Å². The Morgan fingerprint density at radius 3 is 2.47 bits per heavy atom. The molecule has 1 aliphatic heterocycles. The first-order valence-electron chi connectivity index (χ1n) is 5.45. The standard InChI is InChI=1S/C11H13N3O4S/c1-6-3-11(15)14(13-6)10-5-8(19(16,17)18)4-9(12)7(10)2/h4-5H,3,12H2,1-2H3,(H,16,17,18). The van der Waals surface area contributed by atoms with Gasteiger partial charge in [0.2, 0.25) is 0 Å². The number of hydrogen-bond donors (Lipinski definition) is 2. The minimum absolute atomic E-state index is 0.165. The molecule has 0 aromatic heterocycles. The van der Waals surface area contributed by atoms with E-state index < -0.39 is 10.1 Å². The highest BCUT2D eigenvalue weighted by atomic mass is 32.2. The number of carbonyl (C=O) groups is 1. The van der Waals surface area contributed by atoms with E-state index in [0.29, 0.717) is 11.3 Å². The van der Waals surface area contributed by atoms with Crippen molar-refractivity contribution in [3.63, 3.8) is 0 Å². The van der Waals surface area contributed by atoms with Crippen LogP contribution in [0.5, 0.6) is 0 Å². The number of anilines is 2. The molecule has 1 amide bonds. The molecule has 0 fully saturated rings. The fourth-order valence-electron chi connectivity index (χ4n) is 1.81. The lowest BCUT2D eigenvalue weighted by Crippen LogP contribution is -2.21. The minimum atomic E-state index is -4.39. The van der Waals surface area contributed by atoms with Crippen LogP contribution >= 0.6 is 0 Å². The zero-order valence-electron chi connectivity index (χ0n) is 10.4. The normalized spacial score (nSPS) is 15.8. The third-order valence-corrected chi connectivity index (χ3v) is 3.67. The lowest BCUT2D eigenvalue weighted by molar-refractivity contribution is -0.116. The summed E-state index contributed by atoms with van der Waals surface area (Å²) >= 11 is 0. The van der Waals surface area contributed by atoms with E-state index in [4.69, 9.17) is 10.3 Å². The molecule has 0 atom stereocenters. The van der Waals surface area contributed by atoms with Crippen molar-refractivity contribution in [3.05, 3.63) is 17.7 Å². The summed E-state index contributed by atoms with van der Waals surface area (Å²) in [5.41, 5.74) is 7.28. The predicted octanol–water partition coefficient (Wildman–Crippen LogP) is 0.937. The van der Waals surface area contributed by atoms with Crippen molar-refractivity contribution in [2.45, 2.75) is 25.2 Å². The molecule has 8 heteroatoms. The molecular formula is C11H13N3O4S. The molecule has 0 bridgehead atoms. The van der Waals surface area contributed by atoms with E-state index in [1.807, 2.05) is 0 Å². The Hall–Kier alpha value is -1.93. The maximum absolute atomic E-state index is 11.8. The molecule has 0 saturated carbocycles. The van der Waals surface area contributed by atoms with E-state index in [0.717, 1.165) is 11.1 Å². The van der Waals surface area contributed by atoms with Crippen LogP contribution in [0.4, 0.5) is 11.4 Å².